The normalized spacial score (nSPS) is 16.5. The molecule has 3 heterocycles. The molecule has 7 heteroatoms. The first-order valence-electron chi connectivity index (χ1n) is 9.41. The van der Waals surface area contributed by atoms with Gasteiger partial charge in [0.15, 0.2) is 5.76 Å². The van der Waals surface area contributed by atoms with E-state index in [1.165, 1.54) is 12.1 Å². The fourth-order valence-corrected chi connectivity index (χ4v) is 3.64. The van der Waals surface area contributed by atoms with Crippen LogP contribution in [0.3, 0.4) is 0 Å². The Kier molecular flexibility index (Phi) is 5.57. The second-order valence-corrected chi connectivity index (χ2v) is 6.93. The van der Waals surface area contributed by atoms with Gasteiger partial charge in [-0.15, -0.1) is 0 Å². The number of hydrogen-bond acceptors (Lipinski definition) is 6. The van der Waals surface area contributed by atoms with Crippen molar-refractivity contribution in [2.75, 3.05) is 39.4 Å². The second kappa shape index (κ2) is 8.26. The summed E-state index contributed by atoms with van der Waals surface area (Å²) in [5.74, 6) is 0.626. The highest BCUT2D eigenvalue weighted by molar-refractivity contribution is 6.01. The number of hydrogen-bond donors (Lipinski definition) is 1. The number of furan rings is 2. The Labute approximate surface area is 162 Å². The summed E-state index contributed by atoms with van der Waals surface area (Å²) in [6.07, 6.45) is 1.66. The highest BCUT2D eigenvalue weighted by Crippen LogP contribution is 2.26. The van der Waals surface area contributed by atoms with Gasteiger partial charge in [-0.3, -0.25) is 9.69 Å². The van der Waals surface area contributed by atoms with E-state index in [4.69, 9.17) is 13.6 Å². The van der Waals surface area contributed by atoms with E-state index in [2.05, 4.69) is 10.2 Å². The highest BCUT2D eigenvalue weighted by atomic mass is 19.1. The van der Waals surface area contributed by atoms with Crippen molar-refractivity contribution in [1.82, 2.24) is 10.2 Å². The molecule has 1 aliphatic heterocycles. The molecule has 0 aliphatic carbocycles. The number of ether oxygens (including phenoxy) is 1. The third-order valence-corrected chi connectivity index (χ3v) is 5.13. The molecule has 28 heavy (non-hydrogen) atoms. The van der Waals surface area contributed by atoms with Gasteiger partial charge in [-0.2, -0.15) is 0 Å². The predicted octanol–water partition coefficient (Wildman–Crippen LogP) is 3.32. The minimum atomic E-state index is -0.347. The molecule has 2 aromatic heterocycles. The van der Waals surface area contributed by atoms with Crippen LogP contribution >= 0.6 is 0 Å². The molecule has 6 nitrogen and oxygen atoms in total. The lowest BCUT2D eigenvalue weighted by Gasteiger charge is -2.33. The SMILES string of the molecule is Cc1c(C(=O)CNCC(c2ccco2)N2CCOCC2)oc2ccc(F)cc12. The number of halogens is 1. The number of rotatable bonds is 7. The van der Waals surface area contributed by atoms with E-state index in [0.717, 1.165) is 18.8 Å². The molecule has 0 saturated carbocycles. The molecule has 1 aromatic carbocycles. The van der Waals surface area contributed by atoms with Crippen LogP contribution in [-0.4, -0.2) is 50.1 Å². The summed E-state index contributed by atoms with van der Waals surface area (Å²) in [6.45, 7) is 5.47. The molecule has 0 spiro atoms. The molecule has 1 fully saturated rings. The van der Waals surface area contributed by atoms with Crippen LogP contribution in [-0.2, 0) is 4.74 Å². The quantitative estimate of drug-likeness (QED) is 0.629. The van der Waals surface area contributed by atoms with Gasteiger partial charge in [0.2, 0.25) is 5.78 Å². The van der Waals surface area contributed by atoms with Crippen molar-refractivity contribution < 1.29 is 22.8 Å². The van der Waals surface area contributed by atoms with Crippen LogP contribution in [0, 0.1) is 12.7 Å². The third kappa shape index (κ3) is 3.87. The van der Waals surface area contributed by atoms with E-state index in [1.54, 1.807) is 19.3 Å². The van der Waals surface area contributed by atoms with Gasteiger partial charge in [0.1, 0.15) is 17.2 Å². The van der Waals surface area contributed by atoms with E-state index in [1.807, 2.05) is 12.1 Å². The van der Waals surface area contributed by atoms with Crippen molar-refractivity contribution in [3.63, 3.8) is 0 Å². The lowest BCUT2D eigenvalue weighted by molar-refractivity contribution is 0.0117. The summed E-state index contributed by atoms with van der Waals surface area (Å²) in [6, 6.07) is 8.11. The van der Waals surface area contributed by atoms with Crippen LogP contribution in [0.25, 0.3) is 11.0 Å². The molecule has 1 aliphatic rings. The van der Waals surface area contributed by atoms with Crippen LogP contribution in [0.2, 0.25) is 0 Å². The lowest BCUT2D eigenvalue weighted by Crippen LogP contribution is -2.43. The van der Waals surface area contributed by atoms with Gasteiger partial charge in [0.05, 0.1) is 32.1 Å². The van der Waals surface area contributed by atoms with Gasteiger partial charge in [-0.25, -0.2) is 4.39 Å². The molecule has 4 rings (SSSR count). The first-order valence-corrected chi connectivity index (χ1v) is 9.41. The van der Waals surface area contributed by atoms with E-state index < -0.39 is 0 Å². The van der Waals surface area contributed by atoms with E-state index in [9.17, 15) is 9.18 Å². The summed E-state index contributed by atoms with van der Waals surface area (Å²) >= 11 is 0. The molecule has 0 bridgehead atoms. The van der Waals surface area contributed by atoms with E-state index >= 15 is 0 Å². The zero-order valence-corrected chi connectivity index (χ0v) is 15.7. The second-order valence-electron chi connectivity index (χ2n) is 6.93. The average Bonchev–Trinajstić information content (AvgIpc) is 3.35. The van der Waals surface area contributed by atoms with Gasteiger partial charge in [-0.05, 0) is 37.3 Å². The van der Waals surface area contributed by atoms with Crippen molar-refractivity contribution >= 4 is 16.8 Å². The number of ketones is 1. The third-order valence-electron chi connectivity index (χ3n) is 5.13. The smallest absolute Gasteiger partial charge is 0.212 e. The molecule has 1 unspecified atom stereocenters. The first kappa shape index (κ1) is 18.9. The van der Waals surface area contributed by atoms with Crippen LogP contribution < -0.4 is 5.32 Å². The zero-order valence-electron chi connectivity index (χ0n) is 15.7. The molecular weight excluding hydrogens is 363 g/mol. The number of aryl methyl sites for hydroxylation is 1. The molecule has 0 radical (unpaired) electrons. The standard InChI is InChI=1S/C21H23FN2O4/c1-14-16-11-15(22)4-5-19(16)28-21(14)18(25)13-23-12-17(20-3-2-8-27-20)24-6-9-26-10-7-24/h2-5,8,11,17,23H,6-7,9-10,12-13H2,1H3. The maximum absolute atomic E-state index is 13.5. The Balaban J connectivity index is 1.43. The fourth-order valence-electron chi connectivity index (χ4n) is 3.64. The predicted molar refractivity (Wildman–Crippen MR) is 102 cm³/mol. The van der Waals surface area contributed by atoms with Gasteiger partial charge in [-0.1, -0.05) is 0 Å². The van der Waals surface area contributed by atoms with Crippen LogP contribution in [0.1, 0.15) is 27.9 Å². The maximum Gasteiger partial charge on any atom is 0.212 e. The molecular formula is C21H23FN2O4. The number of carbonyl (C=O) groups excluding carboxylic acids is 1. The minimum Gasteiger partial charge on any atom is -0.468 e. The fraction of sp³-hybridized carbons (Fsp3) is 0.381. The van der Waals surface area contributed by atoms with E-state index in [-0.39, 0.29) is 29.9 Å². The van der Waals surface area contributed by atoms with Crippen molar-refractivity contribution in [2.45, 2.75) is 13.0 Å². The van der Waals surface area contributed by atoms with Crippen molar-refractivity contribution in [3.05, 3.63) is 59.5 Å². The van der Waals surface area contributed by atoms with Crippen LogP contribution in [0.5, 0.6) is 0 Å². The summed E-state index contributed by atoms with van der Waals surface area (Å²) in [7, 11) is 0. The van der Waals surface area contributed by atoms with Gasteiger partial charge >= 0.3 is 0 Å². The number of Topliss-reactive ketones (excluding diaryl/α,β-unsaturated/α-hetero) is 1. The van der Waals surface area contributed by atoms with Gasteiger partial charge < -0.3 is 18.9 Å². The summed E-state index contributed by atoms with van der Waals surface area (Å²) in [5, 5.41) is 3.86. The lowest BCUT2D eigenvalue weighted by atomic mass is 10.1. The molecule has 0 amide bonds. The van der Waals surface area contributed by atoms with Crippen LogP contribution in [0.4, 0.5) is 4.39 Å². The molecule has 148 valence electrons. The number of nitrogens with one attached hydrogen (secondary N) is 1. The molecule has 1 N–H and O–H groups in total. The highest BCUT2D eigenvalue weighted by Gasteiger charge is 2.25. The Hall–Kier alpha value is -2.48. The Morgan fingerprint density at radius 3 is 2.86 bits per heavy atom. The zero-order chi connectivity index (χ0) is 19.5. The Morgan fingerprint density at radius 2 is 2.11 bits per heavy atom. The molecule has 3 aromatic rings. The first-order chi connectivity index (χ1) is 13.6. The monoisotopic (exact) mass is 386 g/mol. The van der Waals surface area contributed by atoms with E-state index in [0.29, 0.717) is 36.3 Å². The number of benzene rings is 1. The van der Waals surface area contributed by atoms with Crippen molar-refractivity contribution in [2.24, 2.45) is 0 Å². The summed E-state index contributed by atoms with van der Waals surface area (Å²) in [4.78, 5) is 14.9. The summed E-state index contributed by atoms with van der Waals surface area (Å²) in [5.41, 5.74) is 1.18. The summed E-state index contributed by atoms with van der Waals surface area (Å²) < 4.78 is 30.2. The Bertz CT molecular complexity index is 945. The van der Waals surface area contributed by atoms with Crippen molar-refractivity contribution in [1.29, 1.82) is 0 Å². The maximum atomic E-state index is 13.5. The topological polar surface area (TPSA) is 67.9 Å². The average molecular weight is 386 g/mol. The van der Waals surface area contributed by atoms with Crippen LogP contribution in [0.15, 0.2) is 45.4 Å². The van der Waals surface area contributed by atoms with Gasteiger partial charge in [0.25, 0.3) is 0 Å². The largest absolute Gasteiger partial charge is 0.468 e. The number of morpholine rings is 1. The molecule has 1 saturated heterocycles. The Morgan fingerprint density at radius 1 is 1.29 bits per heavy atom. The number of nitrogens with zero attached hydrogens (tertiary/aromatic N) is 1. The number of fused-ring (bicyclic) bond motifs is 1. The minimum absolute atomic E-state index is 0.0255. The number of carbonyl (C=O) groups is 1. The van der Waals surface area contributed by atoms with Crippen molar-refractivity contribution in [3.8, 4) is 0 Å². The molecule has 1 atom stereocenters. The van der Waals surface area contributed by atoms with Gasteiger partial charge in [0, 0.05) is 30.6 Å².